The molecule has 0 amide bonds. The lowest BCUT2D eigenvalue weighted by Crippen LogP contribution is -1.98. The standard InChI is InChI=1S/C18H29NS/c1-5-9-10-11-14-15(12-6-2)18-19-16(8-4)17(20-18)13-7-3/h7-8,13,15H,4-6,9-12,14H2,1-3H3/b13-7-. The van der Waals surface area contributed by atoms with Gasteiger partial charge in [-0.05, 0) is 31.9 Å². The second-order valence-electron chi connectivity index (χ2n) is 5.34. The zero-order chi connectivity index (χ0) is 14.8. The van der Waals surface area contributed by atoms with E-state index in [2.05, 4.69) is 39.5 Å². The van der Waals surface area contributed by atoms with E-state index in [1.165, 1.54) is 54.8 Å². The summed E-state index contributed by atoms with van der Waals surface area (Å²) in [6.45, 7) is 10.5. The van der Waals surface area contributed by atoms with Crippen LogP contribution in [-0.4, -0.2) is 4.98 Å². The van der Waals surface area contributed by atoms with Crippen molar-refractivity contribution in [2.75, 3.05) is 0 Å². The fraction of sp³-hybridized carbons (Fsp3) is 0.611. The lowest BCUT2D eigenvalue weighted by atomic mass is 9.97. The molecule has 0 aliphatic carbocycles. The molecule has 0 aliphatic heterocycles. The zero-order valence-corrected chi connectivity index (χ0v) is 14.1. The van der Waals surface area contributed by atoms with Gasteiger partial charge in [0, 0.05) is 5.92 Å². The smallest absolute Gasteiger partial charge is 0.0969 e. The fourth-order valence-corrected chi connectivity index (χ4v) is 3.72. The number of thiazole rings is 1. The summed E-state index contributed by atoms with van der Waals surface area (Å²) in [6, 6.07) is 0. The predicted octanol–water partition coefficient (Wildman–Crippen LogP) is 6.67. The quantitative estimate of drug-likeness (QED) is 0.438. The normalized spacial score (nSPS) is 12.9. The van der Waals surface area contributed by atoms with E-state index in [9.17, 15) is 0 Å². The molecule has 0 spiro atoms. The van der Waals surface area contributed by atoms with Crippen molar-refractivity contribution in [2.24, 2.45) is 0 Å². The Kier molecular flexibility index (Phi) is 8.52. The molecule has 0 bridgehead atoms. The van der Waals surface area contributed by atoms with Crippen molar-refractivity contribution >= 4 is 23.5 Å². The largest absolute Gasteiger partial charge is 0.241 e. The van der Waals surface area contributed by atoms with E-state index in [1.807, 2.05) is 17.4 Å². The summed E-state index contributed by atoms with van der Waals surface area (Å²) in [5, 5.41) is 1.31. The molecule has 2 heteroatoms. The highest BCUT2D eigenvalue weighted by Crippen LogP contribution is 2.33. The average molecular weight is 292 g/mol. The van der Waals surface area contributed by atoms with Gasteiger partial charge >= 0.3 is 0 Å². The first-order valence-electron chi connectivity index (χ1n) is 8.02. The van der Waals surface area contributed by atoms with Crippen LogP contribution in [0.25, 0.3) is 12.2 Å². The second kappa shape index (κ2) is 9.93. The van der Waals surface area contributed by atoms with Crippen molar-refractivity contribution in [3.8, 4) is 0 Å². The molecule has 0 aromatic carbocycles. The Morgan fingerprint density at radius 3 is 2.55 bits per heavy atom. The minimum Gasteiger partial charge on any atom is -0.241 e. The number of unbranched alkanes of at least 4 members (excludes halogenated alkanes) is 3. The molecule has 0 saturated carbocycles. The van der Waals surface area contributed by atoms with Crippen LogP contribution in [0.1, 0.15) is 87.2 Å². The Labute approximate surface area is 128 Å². The van der Waals surface area contributed by atoms with Crippen LogP contribution in [0, 0.1) is 0 Å². The molecule has 1 aromatic heterocycles. The summed E-state index contributed by atoms with van der Waals surface area (Å²) in [5.74, 6) is 0.638. The first-order valence-corrected chi connectivity index (χ1v) is 8.84. The van der Waals surface area contributed by atoms with Crippen LogP contribution in [-0.2, 0) is 0 Å². The maximum Gasteiger partial charge on any atom is 0.0969 e. The highest BCUT2D eigenvalue weighted by atomic mass is 32.1. The molecule has 0 N–H and O–H groups in total. The molecule has 0 fully saturated rings. The molecule has 0 aliphatic rings. The molecular weight excluding hydrogens is 262 g/mol. The van der Waals surface area contributed by atoms with Gasteiger partial charge < -0.3 is 0 Å². The van der Waals surface area contributed by atoms with Gasteiger partial charge in [0.1, 0.15) is 0 Å². The summed E-state index contributed by atoms with van der Waals surface area (Å²) in [5.41, 5.74) is 1.05. The topological polar surface area (TPSA) is 12.9 Å². The van der Waals surface area contributed by atoms with Crippen LogP contribution in [0.5, 0.6) is 0 Å². The van der Waals surface area contributed by atoms with Crippen molar-refractivity contribution in [1.82, 2.24) is 4.98 Å². The molecular formula is C18H29NS. The van der Waals surface area contributed by atoms with E-state index in [4.69, 9.17) is 4.98 Å². The van der Waals surface area contributed by atoms with Gasteiger partial charge in [0.15, 0.2) is 0 Å². The van der Waals surface area contributed by atoms with Gasteiger partial charge in [0.05, 0.1) is 15.6 Å². The van der Waals surface area contributed by atoms with Crippen molar-refractivity contribution in [3.63, 3.8) is 0 Å². The molecule has 20 heavy (non-hydrogen) atoms. The van der Waals surface area contributed by atoms with Crippen molar-refractivity contribution < 1.29 is 0 Å². The first kappa shape index (κ1) is 17.2. The van der Waals surface area contributed by atoms with Crippen LogP contribution in [0.4, 0.5) is 0 Å². The molecule has 112 valence electrons. The zero-order valence-electron chi connectivity index (χ0n) is 13.3. The van der Waals surface area contributed by atoms with Crippen molar-refractivity contribution in [3.05, 3.63) is 28.2 Å². The highest BCUT2D eigenvalue weighted by molar-refractivity contribution is 7.12. The Morgan fingerprint density at radius 1 is 1.15 bits per heavy atom. The third kappa shape index (κ3) is 5.24. The van der Waals surface area contributed by atoms with Gasteiger partial charge in [-0.15, -0.1) is 11.3 Å². The number of allylic oxidation sites excluding steroid dienone is 1. The van der Waals surface area contributed by atoms with E-state index in [1.54, 1.807) is 0 Å². The molecule has 1 nitrogen and oxygen atoms in total. The first-order chi connectivity index (χ1) is 9.76. The summed E-state index contributed by atoms with van der Waals surface area (Å²) in [6.07, 6.45) is 15.3. The van der Waals surface area contributed by atoms with Crippen molar-refractivity contribution in [1.29, 1.82) is 0 Å². The Hall–Kier alpha value is -0.890. The molecule has 1 aromatic rings. The van der Waals surface area contributed by atoms with Crippen LogP contribution in [0.2, 0.25) is 0 Å². The van der Waals surface area contributed by atoms with E-state index in [0.717, 1.165) is 5.69 Å². The van der Waals surface area contributed by atoms with Crippen LogP contribution in [0.3, 0.4) is 0 Å². The molecule has 1 unspecified atom stereocenters. The lowest BCUT2D eigenvalue weighted by Gasteiger charge is -2.12. The van der Waals surface area contributed by atoms with Crippen molar-refractivity contribution in [2.45, 2.75) is 71.6 Å². The van der Waals surface area contributed by atoms with E-state index < -0.39 is 0 Å². The summed E-state index contributed by atoms with van der Waals surface area (Å²) in [4.78, 5) is 6.07. The minimum absolute atomic E-state index is 0.638. The van der Waals surface area contributed by atoms with E-state index in [-0.39, 0.29) is 0 Å². The third-order valence-corrected chi connectivity index (χ3v) is 4.80. The second-order valence-corrected chi connectivity index (χ2v) is 6.40. The van der Waals surface area contributed by atoms with Crippen LogP contribution < -0.4 is 0 Å². The molecule has 0 saturated heterocycles. The van der Waals surface area contributed by atoms with Gasteiger partial charge in [0.25, 0.3) is 0 Å². The van der Waals surface area contributed by atoms with Gasteiger partial charge in [-0.3, -0.25) is 0 Å². The number of hydrogen-bond acceptors (Lipinski definition) is 2. The minimum atomic E-state index is 0.638. The molecule has 1 rings (SSSR count). The summed E-state index contributed by atoms with van der Waals surface area (Å²) in [7, 11) is 0. The maximum absolute atomic E-state index is 4.81. The SMILES string of the molecule is C=Cc1nc(C(CCC)CCCCCC)sc1/C=C\C. The fourth-order valence-electron chi connectivity index (χ4n) is 2.51. The lowest BCUT2D eigenvalue weighted by molar-refractivity contribution is 0.519. The van der Waals surface area contributed by atoms with E-state index in [0.29, 0.717) is 5.92 Å². The Bertz CT molecular complexity index is 417. The van der Waals surface area contributed by atoms with Crippen LogP contribution >= 0.6 is 11.3 Å². The third-order valence-electron chi connectivity index (χ3n) is 3.60. The van der Waals surface area contributed by atoms with Gasteiger partial charge in [-0.2, -0.15) is 0 Å². The molecule has 1 heterocycles. The van der Waals surface area contributed by atoms with Gasteiger partial charge in [-0.25, -0.2) is 4.98 Å². The molecule has 1 atom stereocenters. The number of nitrogens with zero attached hydrogens (tertiary/aromatic N) is 1. The van der Waals surface area contributed by atoms with Gasteiger partial charge in [-0.1, -0.05) is 58.6 Å². The Balaban J connectivity index is 2.77. The summed E-state index contributed by atoms with van der Waals surface area (Å²) >= 11 is 1.85. The number of rotatable bonds is 10. The summed E-state index contributed by atoms with van der Waals surface area (Å²) < 4.78 is 0. The molecule has 0 radical (unpaired) electrons. The maximum atomic E-state index is 4.81. The average Bonchev–Trinajstić information content (AvgIpc) is 2.86. The monoisotopic (exact) mass is 291 g/mol. The Morgan fingerprint density at radius 2 is 1.95 bits per heavy atom. The predicted molar refractivity (Wildman–Crippen MR) is 93.3 cm³/mol. The van der Waals surface area contributed by atoms with E-state index >= 15 is 0 Å². The number of hydrogen-bond donors (Lipinski definition) is 0. The number of aromatic nitrogens is 1. The van der Waals surface area contributed by atoms with Crippen LogP contribution in [0.15, 0.2) is 12.7 Å². The highest BCUT2D eigenvalue weighted by Gasteiger charge is 2.16. The van der Waals surface area contributed by atoms with Gasteiger partial charge in [0.2, 0.25) is 0 Å².